The fourth-order valence-electron chi connectivity index (χ4n) is 3.16. The van der Waals surface area contributed by atoms with Crippen LogP contribution in [0.4, 0.5) is 24.8 Å². The highest BCUT2D eigenvalue weighted by molar-refractivity contribution is 5.93. The minimum atomic E-state index is -4.38. The minimum Gasteiger partial charge on any atom is -0.368 e. The summed E-state index contributed by atoms with van der Waals surface area (Å²) in [6.07, 6.45) is -3.13. The Morgan fingerprint density at radius 3 is 2.47 bits per heavy atom. The van der Waals surface area contributed by atoms with Gasteiger partial charge in [-0.3, -0.25) is 14.6 Å². The molecule has 1 aliphatic heterocycles. The number of aromatic nitrogens is 2. The predicted molar refractivity (Wildman–Crippen MR) is 108 cm³/mol. The van der Waals surface area contributed by atoms with Crippen molar-refractivity contribution in [2.75, 3.05) is 42.5 Å². The van der Waals surface area contributed by atoms with Gasteiger partial charge in [-0.15, -0.1) is 0 Å². The first-order valence-electron chi connectivity index (χ1n) is 9.70. The van der Waals surface area contributed by atoms with Gasteiger partial charge in [0, 0.05) is 44.6 Å². The lowest BCUT2D eigenvalue weighted by Crippen LogP contribution is -2.47. The van der Waals surface area contributed by atoms with Gasteiger partial charge in [-0.2, -0.15) is 13.2 Å². The molecule has 0 saturated carbocycles. The number of carbonyl (C=O) groups is 1. The van der Waals surface area contributed by atoms with E-state index < -0.39 is 23.2 Å². The van der Waals surface area contributed by atoms with Crippen LogP contribution in [0.5, 0.6) is 0 Å². The molecule has 0 aliphatic carbocycles. The molecule has 1 aliphatic rings. The van der Waals surface area contributed by atoms with Gasteiger partial charge >= 0.3 is 6.18 Å². The lowest BCUT2D eigenvalue weighted by atomic mass is 10.1. The summed E-state index contributed by atoms with van der Waals surface area (Å²) in [6.45, 7) is 6.24. The Bertz CT molecular complexity index is 950. The number of anilines is 2. The van der Waals surface area contributed by atoms with Crippen LogP contribution in [-0.2, 0) is 6.18 Å². The summed E-state index contributed by atoms with van der Waals surface area (Å²) >= 11 is 0. The Labute approximate surface area is 171 Å². The van der Waals surface area contributed by atoms with Gasteiger partial charge in [0.25, 0.3) is 11.5 Å². The van der Waals surface area contributed by atoms with Crippen molar-refractivity contribution in [1.82, 2.24) is 15.3 Å². The van der Waals surface area contributed by atoms with Crippen molar-refractivity contribution in [3.8, 4) is 0 Å². The maximum Gasteiger partial charge on any atom is 0.416 e. The number of benzene rings is 1. The number of nitrogens with zero attached hydrogens (tertiary/aromatic N) is 3. The summed E-state index contributed by atoms with van der Waals surface area (Å²) in [4.78, 5) is 34.9. The van der Waals surface area contributed by atoms with E-state index in [2.05, 4.69) is 15.3 Å². The topological polar surface area (TPSA) is 81.3 Å². The SMILES string of the molecule is CC(C)CNC(=O)c1cnc(N2CCN(c3cccc(C(F)(F)F)c3)CC2)[nH]c1=O. The van der Waals surface area contributed by atoms with Crippen LogP contribution < -0.4 is 20.7 Å². The van der Waals surface area contributed by atoms with Crippen LogP contribution in [0, 0.1) is 5.92 Å². The molecule has 1 fully saturated rings. The molecule has 30 heavy (non-hydrogen) atoms. The first-order valence-corrected chi connectivity index (χ1v) is 9.70. The van der Waals surface area contributed by atoms with Crippen LogP contribution in [-0.4, -0.2) is 48.6 Å². The number of aromatic amines is 1. The number of hydrogen-bond acceptors (Lipinski definition) is 5. The Kier molecular flexibility index (Phi) is 6.33. The van der Waals surface area contributed by atoms with E-state index in [-0.39, 0.29) is 11.5 Å². The molecule has 3 rings (SSSR count). The zero-order valence-electron chi connectivity index (χ0n) is 16.8. The molecule has 2 N–H and O–H groups in total. The van der Waals surface area contributed by atoms with E-state index in [1.54, 1.807) is 6.07 Å². The number of alkyl halides is 3. The number of amides is 1. The standard InChI is InChI=1S/C20H24F3N5O2/c1-13(2)11-24-17(29)16-12-25-19(26-18(16)30)28-8-6-27(7-9-28)15-5-3-4-14(10-15)20(21,22)23/h3-5,10,12-13H,6-9,11H2,1-2H3,(H,24,29)(H,25,26,30). The lowest BCUT2D eigenvalue weighted by molar-refractivity contribution is -0.137. The lowest BCUT2D eigenvalue weighted by Gasteiger charge is -2.36. The summed E-state index contributed by atoms with van der Waals surface area (Å²) in [6, 6.07) is 5.23. The van der Waals surface area contributed by atoms with Gasteiger partial charge < -0.3 is 15.1 Å². The van der Waals surface area contributed by atoms with E-state index in [0.717, 1.165) is 12.1 Å². The van der Waals surface area contributed by atoms with Crippen LogP contribution in [0.15, 0.2) is 35.3 Å². The average molecular weight is 423 g/mol. The molecular formula is C20H24F3N5O2. The van der Waals surface area contributed by atoms with Crippen LogP contribution in [0.25, 0.3) is 0 Å². The molecule has 162 valence electrons. The zero-order valence-corrected chi connectivity index (χ0v) is 16.8. The van der Waals surface area contributed by atoms with Gasteiger partial charge in [-0.25, -0.2) is 4.98 Å². The highest BCUT2D eigenvalue weighted by Gasteiger charge is 2.31. The van der Waals surface area contributed by atoms with Crippen molar-refractivity contribution in [1.29, 1.82) is 0 Å². The van der Waals surface area contributed by atoms with Gasteiger partial charge in [0.2, 0.25) is 5.95 Å². The molecule has 7 nitrogen and oxygen atoms in total. The largest absolute Gasteiger partial charge is 0.416 e. The van der Waals surface area contributed by atoms with Crippen LogP contribution in [0.2, 0.25) is 0 Å². The molecule has 0 radical (unpaired) electrons. The normalized spacial score (nSPS) is 14.9. The number of carbonyl (C=O) groups excluding carboxylic acids is 1. The molecule has 1 aromatic carbocycles. The van der Waals surface area contributed by atoms with Crippen molar-refractivity contribution < 1.29 is 18.0 Å². The first kappa shape index (κ1) is 21.7. The summed E-state index contributed by atoms with van der Waals surface area (Å²) in [5.41, 5.74) is -0.758. The Morgan fingerprint density at radius 2 is 1.87 bits per heavy atom. The van der Waals surface area contributed by atoms with Gasteiger partial charge in [0.1, 0.15) is 5.56 Å². The van der Waals surface area contributed by atoms with Crippen LogP contribution in [0.1, 0.15) is 29.8 Å². The zero-order chi connectivity index (χ0) is 21.9. The van der Waals surface area contributed by atoms with Crippen molar-refractivity contribution in [3.63, 3.8) is 0 Å². The van der Waals surface area contributed by atoms with E-state index in [1.807, 2.05) is 23.6 Å². The van der Waals surface area contributed by atoms with E-state index in [9.17, 15) is 22.8 Å². The van der Waals surface area contributed by atoms with Gasteiger partial charge in [-0.1, -0.05) is 19.9 Å². The number of hydrogen-bond donors (Lipinski definition) is 2. The highest BCUT2D eigenvalue weighted by Crippen LogP contribution is 2.32. The second-order valence-electron chi connectivity index (χ2n) is 7.58. The number of halogens is 3. The minimum absolute atomic E-state index is 0.0537. The molecule has 0 unspecified atom stereocenters. The molecule has 0 spiro atoms. The molecular weight excluding hydrogens is 399 g/mol. The van der Waals surface area contributed by atoms with Crippen molar-refractivity contribution in [3.05, 3.63) is 51.9 Å². The molecule has 1 saturated heterocycles. The van der Waals surface area contributed by atoms with Crippen molar-refractivity contribution >= 4 is 17.5 Å². The maximum atomic E-state index is 12.9. The van der Waals surface area contributed by atoms with E-state index in [1.165, 1.54) is 12.3 Å². The summed E-state index contributed by atoms with van der Waals surface area (Å²) < 4.78 is 38.8. The van der Waals surface area contributed by atoms with E-state index in [0.29, 0.717) is 44.4 Å². The second kappa shape index (κ2) is 8.76. The average Bonchev–Trinajstić information content (AvgIpc) is 2.71. The molecule has 1 aromatic heterocycles. The monoisotopic (exact) mass is 423 g/mol. The van der Waals surface area contributed by atoms with Crippen molar-refractivity contribution in [2.24, 2.45) is 5.92 Å². The van der Waals surface area contributed by atoms with Gasteiger partial charge in [-0.05, 0) is 24.1 Å². The predicted octanol–water partition coefficient (Wildman–Crippen LogP) is 2.50. The second-order valence-corrected chi connectivity index (χ2v) is 7.58. The smallest absolute Gasteiger partial charge is 0.368 e. The molecule has 2 heterocycles. The number of H-pyrrole nitrogens is 1. The Morgan fingerprint density at radius 1 is 1.20 bits per heavy atom. The fourth-order valence-corrected chi connectivity index (χ4v) is 3.16. The molecule has 1 amide bonds. The maximum absolute atomic E-state index is 12.9. The molecule has 0 bridgehead atoms. The van der Waals surface area contributed by atoms with E-state index >= 15 is 0 Å². The number of nitrogens with one attached hydrogen (secondary N) is 2. The van der Waals surface area contributed by atoms with Gasteiger partial charge in [0.15, 0.2) is 0 Å². The third-order valence-electron chi connectivity index (χ3n) is 4.82. The summed E-state index contributed by atoms with van der Waals surface area (Å²) in [7, 11) is 0. The highest BCUT2D eigenvalue weighted by atomic mass is 19.4. The number of piperazine rings is 1. The van der Waals surface area contributed by atoms with Crippen LogP contribution in [0.3, 0.4) is 0 Å². The Hall–Kier alpha value is -3.04. The third-order valence-corrected chi connectivity index (χ3v) is 4.82. The molecule has 2 aromatic rings. The summed E-state index contributed by atoms with van der Waals surface area (Å²) in [5.74, 6) is 0.121. The quantitative estimate of drug-likeness (QED) is 0.773. The van der Waals surface area contributed by atoms with Crippen molar-refractivity contribution in [2.45, 2.75) is 20.0 Å². The molecule has 0 atom stereocenters. The van der Waals surface area contributed by atoms with Crippen LogP contribution >= 0.6 is 0 Å². The Balaban J connectivity index is 1.65. The third kappa shape index (κ3) is 5.11. The first-order chi connectivity index (χ1) is 14.1. The molecule has 10 heteroatoms. The summed E-state index contributed by atoms with van der Waals surface area (Å²) in [5, 5.41) is 2.68. The fraction of sp³-hybridized carbons (Fsp3) is 0.450. The van der Waals surface area contributed by atoms with E-state index in [4.69, 9.17) is 0 Å². The van der Waals surface area contributed by atoms with Gasteiger partial charge in [0.05, 0.1) is 5.56 Å². The number of rotatable bonds is 5.